The molecule has 3 rings (SSSR count). The molecule has 6 atom stereocenters. The summed E-state index contributed by atoms with van der Waals surface area (Å²) in [5, 5.41) is 19.5. The van der Waals surface area contributed by atoms with Crippen LogP contribution in [0.1, 0.15) is 13.8 Å². The van der Waals surface area contributed by atoms with Gasteiger partial charge in [0.25, 0.3) is 0 Å². The van der Waals surface area contributed by atoms with Crippen molar-refractivity contribution in [2.45, 2.75) is 31.2 Å². The van der Waals surface area contributed by atoms with E-state index in [0.29, 0.717) is 24.7 Å². The van der Waals surface area contributed by atoms with Crippen LogP contribution in [0.15, 0.2) is 10.6 Å². The smallest absolute Gasteiger partial charge is 0.353 e. The van der Waals surface area contributed by atoms with E-state index in [0.717, 1.165) is 0 Å². The zero-order valence-corrected chi connectivity index (χ0v) is 14.0. The summed E-state index contributed by atoms with van der Waals surface area (Å²) in [5.74, 6) is -1.85. The first-order chi connectivity index (χ1) is 10.9. The van der Waals surface area contributed by atoms with Crippen molar-refractivity contribution in [3.8, 4) is 0 Å². The summed E-state index contributed by atoms with van der Waals surface area (Å²) in [7, 11) is 0. The van der Waals surface area contributed by atoms with Gasteiger partial charge in [0.2, 0.25) is 5.91 Å². The molecule has 8 heteroatoms. The molecular weight excluding hydrogens is 320 g/mol. The average Bonchev–Trinajstić information content (AvgIpc) is 3.01. The molecule has 1 amide bonds. The van der Waals surface area contributed by atoms with Gasteiger partial charge in [0.15, 0.2) is 0 Å². The second-order valence-corrected chi connectivity index (χ2v) is 7.74. The van der Waals surface area contributed by atoms with Crippen molar-refractivity contribution in [1.82, 2.24) is 4.90 Å². The van der Waals surface area contributed by atoms with Crippen LogP contribution in [0.25, 0.3) is 0 Å². The van der Waals surface area contributed by atoms with Crippen LogP contribution >= 0.6 is 11.8 Å². The number of rotatable bonds is 5. The van der Waals surface area contributed by atoms with Crippen molar-refractivity contribution >= 4 is 23.6 Å². The average molecular weight is 342 g/mol. The van der Waals surface area contributed by atoms with E-state index >= 15 is 0 Å². The van der Waals surface area contributed by atoms with Crippen LogP contribution in [-0.2, 0) is 14.3 Å². The summed E-state index contributed by atoms with van der Waals surface area (Å²) in [6, 6.07) is -0.269. The highest BCUT2D eigenvalue weighted by atomic mass is 32.2. The number of ether oxygens (including phenoxy) is 1. The van der Waals surface area contributed by atoms with E-state index in [2.05, 4.69) is 0 Å². The molecule has 0 radical (unpaired) electrons. The molecule has 0 aromatic carbocycles. The third-order valence-electron chi connectivity index (χ3n) is 5.03. The molecule has 0 bridgehead atoms. The standard InChI is InChI=1S/C15H22N2O5S/c1-6-11-10(7(2)18)14(19)17(11)12(15(20)21)13(6)23-9-5-22-4-8(9)3-16/h6-11,18H,3-5,16H2,1-2H3,(H,20,21)/t6-,7-,8+,9-,10-,11?/m1/s1. The van der Waals surface area contributed by atoms with E-state index < -0.39 is 18.0 Å². The summed E-state index contributed by atoms with van der Waals surface area (Å²) < 4.78 is 5.46. The maximum Gasteiger partial charge on any atom is 0.353 e. The minimum atomic E-state index is -1.09. The minimum Gasteiger partial charge on any atom is -0.477 e. The number of aliphatic carboxylic acids is 1. The van der Waals surface area contributed by atoms with Crippen molar-refractivity contribution in [1.29, 1.82) is 0 Å². The van der Waals surface area contributed by atoms with Crippen molar-refractivity contribution < 1.29 is 24.5 Å². The number of carboxylic acid groups (broad SMARTS) is 1. The molecule has 0 aromatic heterocycles. The molecule has 0 aromatic rings. The molecule has 0 aliphatic carbocycles. The summed E-state index contributed by atoms with van der Waals surface area (Å²) in [6.07, 6.45) is -0.780. The summed E-state index contributed by atoms with van der Waals surface area (Å²) in [6.45, 7) is 5.11. The van der Waals surface area contributed by atoms with Crippen LogP contribution in [0.3, 0.4) is 0 Å². The van der Waals surface area contributed by atoms with Gasteiger partial charge in [-0.3, -0.25) is 4.79 Å². The highest BCUT2D eigenvalue weighted by Crippen LogP contribution is 2.52. The molecule has 4 N–H and O–H groups in total. The fourth-order valence-electron chi connectivity index (χ4n) is 3.77. The zero-order valence-electron chi connectivity index (χ0n) is 13.1. The van der Waals surface area contributed by atoms with E-state index in [1.165, 1.54) is 16.7 Å². The number of amides is 1. The van der Waals surface area contributed by atoms with Crippen LogP contribution < -0.4 is 5.73 Å². The second kappa shape index (κ2) is 6.08. The number of β-lactam (4-membered cyclic amide) rings is 1. The molecule has 2 saturated heterocycles. The number of hydrogen-bond donors (Lipinski definition) is 3. The van der Waals surface area contributed by atoms with Gasteiger partial charge in [-0.15, -0.1) is 11.8 Å². The number of carboxylic acids is 1. The molecule has 3 aliphatic rings. The number of fused-ring (bicyclic) bond motifs is 1. The molecule has 128 valence electrons. The Hall–Kier alpha value is -1.09. The maximum absolute atomic E-state index is 12.3. The topological polar surface area (TPSA) is 113 Å². The first-order valence-corrected chi connectivity index (χ1v) is 8.69. The van der Waals surface area contributed by atoms with Gasteiger partial charge < -0.3 is 25.6 Å². The number of carbonyl (C=O) groups is 2. The van der Waals surface area contributed by atoms with E-state index in [1.54, 1.807) is 6.92 Å². The Morgan fingerprint density at radius 3 is 2.78 bits per heavy atom. The van der Waals surface area contributed by atoms with E-state index in [9.17, 15) is 19.8 Å². The molecule has 3 heterocycles. The van der Waals surface area contributed by atoms with Gasteiger partial charge in [-0.25, -0.2) is 4.79 Å². The Bertz CT molecular complexity index is 564. The first-order valence-electron chi connectivity index (χ1n) is 7.81. The molecule has 23 heavy (non-hydrogen) atoms. The van der Waals surface area contributed by atoms with Crippen LogP contribution in [0.4, 0.5) is 0 Å². The zero-order chi connectivity index (χ0) is 16.9. The molecule has 2 fully saturated rings. The van der Waals surface area contributed by atoms with E-state index in [1.807, 2.05) is 6.92 Å². The van der Waals surface area contributed by atoms with Gasteiger partial charge in [0.1, 0.15) is 5.70 Å². The van der Waals surface area contributed by atoms with E-state index in [-0.39, 0.29) is 34.7 Å². The lowest BCUT2D eigenvalue weighted by Crippen LogP contribution is -2.63. The molecule has 7 nitrogen and oxygen atoms in total. The second-order valence-electron chi connectivity index (χ2n) is 6.46. The predicted molar refractivity (Wildman–Crippen MR) is 84.4 cm³/mol. The fourth-order valence-corrected chi connectivity index (χ4v) is 5.29. The summed E-state index contributed by atoms with van der Waals surface area (Å²) in [5.41, 5.74) is 5.82. The van der Waals surface area contributed by atoms with Crippen LogP contribution in [0, 0.1) is 17.8 Å². The Morgan fingerprint density at radius 1 is 1.52 bits per heavy atom. The number of nitrogens with zero attached hydrogens (tertiary/aromatic N) is 1. The van der Waals surface area contributed by atoms with Crippen molar-refractivity contribution in [3.63, 3.8) is 0 Å². The lowest BCUT2D eigenvalue weighted by molar-refractivity contribution is -0.163. The molecular formula is C15H22N2O5S. The molecule has 3 aliphatic heterocycles. The van der Waals surface area contributed by atoms with Gasteiger partial charge in [0.05, 0.1) is 31.3 Å². The first kappa shape index (κ1) is 16.8. The SMILES string of the molecule is C[C@H]1C(S[C@@H]2COC[C@@H]2CN)=C(C(=O)O)N2C(=O)[C@H]([C@@H](C)O)C12. The number of hydrogen-bond acceptors (Lipinski definition) is 6. The third kappa shape index (κ3) is 2.48. The Morgan fingerprint density at radius 2 is 2.22 bits per heavy atom. The minimum absolute atomic E-state index is 0.0667. The summed E-state index contributed by atoms with van der Waals surface area (Å²) >= 11 is 1.47. The number of aliphatic hydroxyl groups is 1. The lowest BCUT2D eigenvalue weighted by atomic mass is 9.79. The van der Waals surface area contributed by atoms with Crippen molar-refractivity contribution in [2.75, 3.05) is 19.8 Å². The van der Waals surface area contributed by atoms with Gasteiger partial charge in [-0.05, 0) is 13.5 Å². The monoisotopic (exact) mass is 342 g/mol. The fraction of sp³-hybridized carbons (Fsp3) is 0.733. The predicted octanol–water partition coefficient (Wildman–Crippen LogP) is -0.153. The largest absolute Gasteiger partial charge is 0.477 e. The van der Waals surface area contributed by atoms with Gasteiger partial charge in [-0.1, -0.05) is 6.92 Å². The van der Waals surface area contributed by atoms with Crippen LogP contribution in [0.5, 0.6) is 0 Å². The van der Waals surface area contributed by atoms with Crippen LogP contribution in [-0.4, -0.2) is 64.1 Å². The van der Waals surface area contributed by atoms with Crippen molar-refractivity contribution in [3.05, 3.63) is 10.6 Å². The van der Waals surface area contributed by atoms with E-state index in [4.69, 9.17) is 10.5 Å². The van der Waals surface area contributed by atoms with Gasteiger partial charge in [-0.2, -0.15) is 0 Å². The normalized spacial score (nSPS) is 37.8. The number of thioether (sulfide) groups is 1. The number of carbonyl (C=O) groups excluding carboxylic acids is 1. The quantitative estimate of drug-likeness (QED) is 0.595. The van der Waals surface area contributed by atoms with Gasteiger partial charge >= 0.3 is 5.97 Å². The molecule has 1 unspecified atom stereocenters. The third-order valence-corrected chi connectivity index (χ3v) is 6.67. The maximum atomic E-state index is 12.3. The Labute approximate surface area is 138 Å². The highest BCUT2D eigenvalue weighted by Gasteiger charge is 2.60. The molecule has 0 saturated carbocycles. The molecule has 0 spiro atoms. The number of aliphatic hydroxyl groups excluding tert-OH is 1. The summed E-state index contributed by atoms with van der Waals surface area (Å²) in [4.78, 5) is 26.0. The number of nitrogens with two attached hydrogens (primary N) is 1. The van der Waals surface area contributed by atoms with Crippen LogP contribution in [0.2, 0.25) is 0 Å². The lowest BCUT2D eigenvalue weighted by Gasteiger charge is -2.46. The highest BCUT2D eigenvalue weighted by molar-refractivity contribution is 8.03. The van der Waals surface area contributed by atoms with Gasteiger partial charge in [0, 0.05) is 22.0 Å². The Balaban J connectivity index is 1.89. The van der Waals surface area contributed by atoms with Crippen molar-refractivity contribution in [2.24, 2.45) is 23.5 Å². The Kier molecular flexibility index (Phi) is 4.43.